The molecule has 1 saturated heterocycles. The number of nitrogens with zero attached hydrogens (tertiary/aromatic N) is 2. The fourth-order valence-corrected chi connectivity index (χ4v) is 3.78. The minimum atomic E-state index is -0.482. The van der Waals surface area contributed by atoms with Gasteiger partial charge >= 0.3 is 6.09 Å². The Kier molecular flexibility index (Phi) is 4.92. The highest BCUT2D eigenvalue weighted by atomic mass is 35.5. The number of aromatic nitrogens is 1. The molecule has 2 heterocycles. The van der Waals surface area contributed by atoms with Crippen LogP contribution in [0.5, 0.6) is 0 Å². The molecule has 1 aromatic heterocycles. The maximum atomic E-state index is 12.5. The summed E-state index contributed by atoms with van der Waals surface area (Å²) < 4.78 is 5.57. The standard InChI is InChI=1S/C20H25ClN2O2/c1-13-10-14(12-23(11-13)19(24)25-20(2,3)4)15-7-8-17(21)18-16(15)6-5-9-22-18/h5-9,13-14H,10-12H2,1-4H3. The lowest BCUT2D eigenvalue weighted by Gasteiger charge is -2.37. The molecule has 4 nitrogen and oxygen atoms in total. The molecule has 0 saturated carbocycles. The first-order chi connectivity index (χ1) is 11.7. The maximum absolute atomic E-state index is 12.5. The number of pyridine rings is 1. The third-order valence-electron chi connectivity index (χ3n) is 4.51. The number of carbonyl (C=O) groups is 1. The van der Waals surface area contributed by atoms with Crippen molar-refractivity contribution in [2.75, 3.05) is 13.1 Å². The van der Waals surface area contributed by atoms with E-state index in [1.54, 1.807) is 6.20 Å². The van der Waals surface area contributed by atoms with Crippen LogP contribution in [0.25, 0.3) is 10.9 Å². The predicted octanol–water partition coefficient (Wildman–Crippen LogP) is 5.25. The van der Waals surface area contributed by atoms with Gasteiger partial charge in [-0.25, -0.2) is 4.79 Å². The molecular formula is C20H25ClN2O2. The first kappa shape index (κ1) is 18.0. The average molecular weight is 361 g/mol. The van der Waals surface area contributed by atoms with Gasteiger partial charge in [0, 0.05) is 30.6 Å². The zero-order valence-corrected chi connectivity index (χ0v) is 16.0. The van der Waals surface area contributed by atoms with Crippen LogP contribution in [-0.2, 0) is 4.74 Å². The number of benzene rings is 1. The minimum Gasteiger partial charge on any atom is -0.444 e. The van der Waals surface area contributed by atoms with Gasteiger partial charge in [-0.05, 0) is 50.8 Å². The van der Waals surface area contributed by atoms with Crippen LogP contribution < -0.4 is 0 Å². The molecule has 0 spiro atoms. The van der Waals surface area contributed by atoms with Crippen LogP contribution in [0.2, 0.25) is 5.02 Å². The van der Waals surface area contributed by atoms with Gasteiger partial charge in [-0.3, -0.25) is 4.98 Å². The van der Waals surface area contributed by atoms with Gasteiger partial charge in [-0.1, -0.05) is 30.7 Å². The van der Waals surface area contributed by atoms with Crippen molar-refractivity contribution in [2.45, 2.75) is 45.6 Å². The van der Waals surface area contributed by atoms with Crippen molar-refractivity contribution in [1.82, 2.24) is 9.88 Å². The second-order valence-electron chi connectivity index (χ2n) is 7.96. The normalized spacial score (nSPS) is 21.4. The highest BCUT2D eigenvalue weighted by Crippen LogP contribution is 2.36. The highest BCUT2D eigenvalue weighted by Gasteiger charge is 2.32. The molecule has 25 heavy (non-hydrogen) atoms. The van der Waals surface area contributed by atoms with Gasteiger partial charge in [0.05, 0.1) is 10.5 Å². The quantitative estimate of drug-likeness (QED) is 0.697. The van der Waals surface area contributed by atoms with E-state index in [1.807, 2.05) is 37.8 Å². The zero-order valence-electron chi connectivity index (χ0n) is 15.3. The molecule has 0 radical (unpaired) electrons. The van der Waals surface area contributed by atoms with E-state index in [2.05, 4.69) is 24.0 Å². The zero-order chi connectivity index (χ0) is 18.2. The maximum Gasteiger partial charge on any atom is 0.410 e. The Labute approximate surface area is 154 Å². The Morgan fingerprint density at radius 2 is 2.04 bits per heavy atom. The predicted molar refractivity (Wildman–Crippen MR) is 101 cm³/mol. The minimum absolute atomic E-state index is 0.236. The number of hydrogen-bond acceptors (Lipinski definition) is 3. The number of hydrogen-bond donors (Lipinski definition) is 0. The van der Waals surface area contributed by atoms with E-state index in [1.165, 1.54) is 5.56 Å². The molecule has 1 fully saturated rings. The van der Waals surface area contributed by atoms with E-state index < -0.39 is 5.60 Å². The van der Waals surface area contributed by atoms with Crippen molar-refractivity contribution < 1.29 is 9.53 Å². The van der Waals surface area contributed by atoms with Gasteiger partial charge in [0.2, 0.25) is 0 Å². The summed E-state index contributed by atoms with van der Waals surface area (Å²) in [5, 5.41) is 1.73. The number of ether oxygens (including phenoxy) is 1. The van der Waals surface area contributed by atoms with Crippen LogP contribution >= 0.6 is 11.6 Å². The van der Waals surface area contributed by atoms with Crippen molar-refractivity contribution in [2.24, 2.45) is 5.92 Å². The molecule has 0 bridgehead atoms. The summed E-state index contributed by atoms with van der Waals surface area (Å²) in [6.07, 6.45) is 2.56. The fraction of sp³-hybridized carbons (Fsp3) is 0.500. The largest absolute Gasteiger partial charge is 0.444 e. The van der Waals surface area contributed by atoms with Crippen LogP contribution in [0.1, 0.15) is 45.6 Å². The highest BCUT2D eigenvalue weighted by molar-refractivity contribution is 6.35. The topological polar surface area (TPSA) is 42.4 Å². The Morgan fingerprint density at radius 3 is 2.76 bits per heavy atom. The number of halogens is 1. The van der Waals surface area contributed by atoms with Gasteiger partial charge in [-0.2, -0.15) is 0 Å². The van der Waals surface area contributed by atoms with Crippen LogP contribution in [-0.4, -0.2) is 34.7 Å². The second kappa shape index (κ2) is 6.83. The molecule has 0 N–H and O–H groups in total. The molecule has 5 heteroatoms. The second-order valence-corrected chi connectivity index (χ2v) is 8.37. The molecule has 1 aliphatic heterocycles. The fourth-order valence-electron chi connectivity index (χ4n) is 3.57. The summed E-state index contributed by atoms with van der Waals surface area (Å²) in [6, 6.07) is 7.96. The van der Waals surface area contributed by atoms with Gasteiger partial charge in [0.15, 0.2) is 0 Å². The lowest BCUT2D eigenvalue weighted by Crippen LogP contribution is -2.45. The van der Waals surface area contributed by atoms with E-state index in [9.17, 15) is 4.79 Å². The van der Waals surface area contributed by atoms with Crippen LogP contribution in [0.3, 0.4) is 0 Å². The Bertz CT molecular complexity index is 785. The van der Waals surface area contributed by atoms with E-state index in [0.717, 1.165) is 23.9 Å². The number of amides is 1. The molecule has 3 rings (SSSR count). The molecule has 2 unspecified atom stereocenters. The molecule has 0 aliphatic carbocycles. The number of carbonyl (C=O) groups excluding carboxylic acids is 1. The van der Waals surface area contributed by atoms with E-state index in [-0.39, 0.29) is 12.0 Å². The Morgan fingerprint density at radius 1 is 1.28 bits per heavy atom. The van der Waals surface area contributed by atoms with Gasteiger partial charge in [0.25, 0.3) is 0 Å². The summed E-state index contributed by atoms with van der Waals surface area (Å²) in [5.74, 6) is 0.661. The molecule has 1 aliphatic rings. The average Bonchev–Trinajstić information content (AvgIpc) is 2.53. The lowest BCUT2D eigenvalue weighted by atomic mass is 9.84. The Hall–Kier alpha value is -1.81. The number of fused-ring (bicyclic) bond motifs is 1. The molecular weight excluding hydrogens is 336 g/mol. The molecule has 1 amide bonds. The van der Waals surface area contributed by atoms with Crippen LogP contribution in [0.4, 0.5) is 4.79 Å². The first-order valence-corrected chi connectivity index (χ1v) is 9.13. The third-order valence-corrected chi connectivity index (χ3v) is 4.81. The van der Waals surface area contributed by atoms with Crippen molar-refractivity contribution in [3.8, 4) is 0 Å². The molecule has 1 aromatic carbocycles. The summed E-state index contributed by atoms with van der Waals surface area (Å²) in [5.41, 5.74) is 1.54. The summed E-state index contributed by atoms with van der Waals surface area (Å²) >= 11 is 6.30. The van der Waals surface area contributed by atoms with Crippen molar-refractivity contribution >= 4 is 28.6 Å². The van der Waals surface area contributed by atoms with E-state index >= 15 is 0 Å². The summed E-state index contributed by atoms with van der Waals surface area (Å²) in [6.45, 7) is 9.26. The monoisotopic (exact) mass is 360 g/mol. The summed E-state index contributed by atoms with van der Waals surface area (Å²) in [7, 11) is 0. The van der Waals surface area contributed by atoms with Gasteiger partial charge < -0.3 is 9.64 Å². The van der Waals surface area contributed by atoms with Crippen molar-refractivity contribution in [3.05, 3.63) is 41.0 Å². The summed E-state index contributed by atoms with van der Waals surface area (Å²) in [4.78, 5) is 18.8. The number of likely N-dealkylation sites (tertiary alicyclic amines) is 1. The van der Waals surface area contributed by atoms with Crippen LogP contribution in [0, 0.1) is 5.92 Å². The molecule has 2 atom stereocenters. The lowest BCUT2D eigenvalue weighted by molar-refractivity contribution is 0.0152. The molecule has 2 aromatic rings. The van der Waals surface area contributed by atoms with Crippen molar-refractivity contribution in [1.29, 1.82) is 0 Å². The number of piperidine rings is 1. The van der Waals surface area contributed by atoms with E-state index in [0.29, 0.717) is 17.5 Å². The first-order valence-electron chi connectivity index (χ1n) is 8.75. The Balaban J connectivity index is 1.90. The van der Waals surface area contributed by atoms with Gasteiger partial charge in [-0.15, -0.1) is 0 Å². The smallest absolute Gasteiger partial charge is 0.410 e. The number of rotatable bonds is 1. The van der Waals surface area contributed by atoms with E-state index in [4.69, 9.17) is 16.3 Å². The van der Waals surface area contributed by atoms with Crippen LogP contribution in [0.15, 0.2) is 30.5 Å². The third kappa shape index (κ3) is 4.06. The SMILES string of the molecule is CC1CC(c2ccc(Cl)c3ncccc23)CN(C(=O)OC(C)(C)C)C1. The van der Waals surface area contributed by atoms with Crippen molar-refractivity contribution in [3.63, 3.8) is 0 Å². The molecule has 134 valence electrons. The van der Waals surface area contributed by atoms with Gasteiger partial charge in [0.1, 0.15) is 5.60 Å².